The molecule has 0 saturated carbocycles. The Balaban J connectivity index is 0.00000450. The van der Waals surface area contributed by atoms with Gasteiger partial charge in [0.25, 0.3) is 0 Å². The average Bonchev–Trinajstić information content (AvgIpc) is 2.71. The van der Waals surface area contributed by atoms with E-state index in [1.54, 1.807) is 0 Å². The number of nitrogens with zero attached hydrogens (tertiary/aromatic N) is 1. The van der Waals surface area contributed by atoms with Gasteiger partial charge in [-0.25, -0.2) is 18.1 Å². The first-order valence-electron chi connectivity index (χ1n) is 9.64. The zero-order valence-electron chi connectivity index (χ0n) is 17.6. The summed E-state index contributed by atoms with van der Waals surface area (Å²) >= 11 is 1.83. The summed E-state index contributed by atoms with van der Waals surface area (Å²) in [4.78, 5) is 5.89. The van der Waals surface area contributed by atoms with E-state index in [1.165, 1.54) is 11.9 Å². The number of aliphatic imine (C=N–C) groups is 1. The van der Waals surface area contributed by atoms with Gasteiger partial charge in [-0.05, 0) is 37.2 Å². The largest absolute Gasteiger partial charge is 0.357 e. The maximum absolute atomic E-state index is 11.6. The SMILES string of the molecule is CCNC(=NCc1ccc(CS(=O)(=O)NC)cc1)NCC(C)Sc1ccccc1.I. The molecular weight excluding hydrogens is 531 g/mol. The Morgan fingerprint density at radius 1 is 1.03 bits per heavy atom. The highest BCUT2D eigenvalue weighted by Gasteiger charge is 2.08. The maximum atomic E-state index is 11.6. The van der Waals surface area contributed by atoms with Crippen LogP contribution in [0.2, 0.25) is 0 Å². The van der Waals surface area contributed by atoms with Crippen LogP contribution in [0.5, 0.6) is 0 Å². The molecule has 0 heterocycles. The van der Waals surface area contributed by atoms with Gasteiger partial charge in [-0.1, -0.05) is 49.4 Å². The highest BCUT2D eigenvalue weighted by atomic mass is 127. The maximum Gasteiger partial charge on any atom is 0.215 e. The van der Waals surface area contributed by atoms with Crippen molar-refractivity contribution in [3.05, 3.63) is 65.7 Å². The van der Waals surface area contributed by atoms with Gasteiger partial charge in [-0.15, -0.1) is 35.7 Å². The minimum Gasteiger partial charge on any atom is -0.357 e. The fourth-order valence-electron chi connectivity index (χ4n) is 2.56. The summed E-state index contributed by atoms with van der Waals surface area (Å²) in [7, 11) is -1.83. The van der Waals surface area contributed by atoms with Gasteiger partial charge in [0.05, 0.1) is 12.3 Å². The molecule has 2 aromatic rings. The van der Waals surface area contributed by atoms with Gasteiger partial charge >= 0.3 is 0 Å². The van der Waals surface area contributed by atoms with Gasteiger partial charge in [-0.2, -0.15) is 0 Å². The van der Waals surface area contributed by atoms with Crippen LogP contribution in [0.25, 0.3) is 0 Å². The molecule has 0 aliphatic rings. The minimum atomic E-state index is -3.26. The van der Waals surface area contributed by atoms with E-state index >= 15 is 0 Å². The lowest BCUT2D eigenvalue weighted by atomic mass is 10.1. The number of sulfonamides is 1. The monoisotopic (exact) mass is 562 g/mol. The Hall–Kier alpha value is -1.30. The third kappa shape index (κ3) is 10.1. The van der Waals surface area contributed by atoms with Gasteiger partial charge in [0.1, 0.15) is 0 Å². The van der Waals surface area contributed by atoms with Gasteiger partial charge < -0.3 is 10.6 Å². The van der Waals surface area contributed by atoms with Crippen molar-refractivity contribution in [2.75, 3.05) is 20.1 Å². The molecule has 1 atom stereocenters. The smallest absolute Gasteiger partial charge is 0.215 e. The zero-order valence-corrected chi connectivity index (χ0v) is 21.6. The van der Waals surface area contributed by atoms with Crippen LogP contribution < -0.4 is 15.4 Å². The van der Waals surface area contributed by atoms with Crippen LogP contribution >= 0.6 is 35.7 Å². The first-order chi connectivity index (χ1) is 13.9. The molecule has 0 spiro atoms. The van der Waals surface area contributed by atoms with Crippen LogP contribution in [0, 0.1) is 0 Å². The van der Waals surface area contributed by atoms with E-state index in [9.17, 15) is 8.42 Å². The van der Waals surface area contributed by atoms with Crippen LogP contribution in [0.15, 0.2) is 64.5 Å². The number of rotatable bonds is 10. The fraction of sp³-hybridized carbons (Fsp3) is 0.381. The van der Waals surface area contributed by atoms with Crippen molar-refractivity contribution in [2.24, 2.45) is 4.99 Å². The number of nitrogens with one attached hydrogen (secondary N) is 3. The topological polar surface area (TPSA) is 82.6 Å². The quantitative estimate of drug-likeness (QED) is 0.179. The Labute approximate surface area is 201 Å². The molecule has 9 heteroatoms. The molecule has 0 aliphatic heterocycles. The molecule has 1 unspecified atom stereocenters. The second-order valence-corrected chi connectivity index (χ2v) is 10.0. The Morgan fingerprint density at radius 2 is 1.67 bits per heavy atom. The van der Waals surface area contributed by atoms with Crippen LogP contribution in [0.3, 0.4) is 0 Å². The third-order valence-electron chi connectivity index (χ3n) is 4.09. The van der Waals surface area contributed by atoms with Crippen LogP contribution in [-0.2, 0) is 22.3 Å². The Morgan fingerprint density at radius 3 is 2.27 bits per heavy atom. The Kier molecular flexibility index (Phi) is 12.4. The molecular formula is C21H31IN4O2S2. The molecule has 2 rings (SSSR count). The molecule has 166 valence electrons. The first-order valence-corrected chi connectivity index (χ1v) is 12.2. The predicted molar refractivity (Wildman–Crippen MR) is 138 cm³/mol. The van der Waals surface area contributed by atoms with Gasteiger partial charge in [0.15, 0.2) is 5.96 Å². The molecule has 0 aromatic heterocycles. The van der Waals surface area contributed by atoms with E-state index in [0.29, 0.717) is 11.8 Å². The van der Waals surface area contributed by atoms with Crippen molar-refractivity contribution in [1.82, 2.24) is 15.4 Å². The highest BCUT2D eigenvalue weighted by molar-refractivity contribution is 14.0. The van der Waals surface area contributed by atoms with Gasteiger partial charge in [-0.3, -0.25) is 0 Å². The first kappa shape index (κ1) is 26.7. The van der Waals surface area contributed by atoms with Crippen molar-refractivity contribution in [3.8, 4) is 0 Å². The standard InChI is InChI=1S/C21H30N4O2S2.HI/c1-4-23-21(24-14-17(2)28-20-8-6-5-7-9-20)25-15-18-10-12-19(13-11-18)16-29(26,27)22-3;/h5-13,17,22H,4,14-16H2,1-3H3,(H2,23,24,25);1H. The number of guanidine groups is 1. The van der Waals surface area contributed by atoms with E-state index in [4.69, 9.17) is 0 Å². The van der Waals surface area contributed by atoms with Gasteiger partial charge in [0, 0.05) is 23.2 Å². The summed E-state index contributed by atoms with van der Waals surface area (Å²) in [5.41, 5.74) is 1.78. The van der Waals surface area contributed by atoms with Gasteiger partial charge in [0.2, 0.25) is 10.0 Å². The summed E-state index contributed by atoms with van der Waals surface area (Å²) in [5.74, 6) is 0.753. The van der Waals surface area contributed by atoms with E-state index in [1.807, 2.05) is 61.2 Å². The normalized spacial score (nSPS) is 12.7. The van der Waals surface area contributed by atoms with Crippen LogP contribution in [0.1, 0.15) is 25.0 Å². The zero-order chi connectivity index (χ0) is 21.1. The van der Waals surface area contributed by atoms with Crippen molar-refractivity contribution >= 4 is 51.7 Å². The van der Waals surface area contributed by atoms with E-state index in [0.717, 1.165) is 30.2 Å². The van der Waals surface area contributed by atoms with Crippen molar-refractivity contribution < 1.29 is 8.42 Å². The minimum absolute atomic E-state index is 0. The van der Waals surface area contributed by atoms with E-state index in [-0.39, 0.29) is 29.7 Å². The second kappa shape index (κ2) is 13.9. The van der Waals surface area contributed by atoms with E-state index < -0.39 is 10.0 Å². The number of hydrogen-bond donors (Lipinski definition) is 3. The number of hydrogen-bond acceptors (Lipinski definition) is 4. The summed E-state index contributed by atoms with van der Waals surface area (Å²) < 4.78 is 25.6. The molecule has 0 aliphatic carbocycles. The summed E-state index contributed by atoms with van der Waals surface area (Å²) in [5, 5.41) is 7.05. The van der Waals surface area contributed by atoms with Crippen molar-refractivity contribution in [2.45, 2.75) is 36.3 Å². The fourth-order valence-corrected chi connectivity index (χ4v) is 4.28. The van der Waals surface area contributed by atoms with Crippen molar-refractivity contribution in [1.29, 1.82) is 0 Å². The molecule has 30 heavy (non-hydrogen) atoms. The summed E-state index contributed by atoms with van der Waals surface area (Å²) in [6.45, 7) is 6.33. The lowest BCUT2D eigenvalue weighted by Crippen LogP contribution is -2.40. The predicted octanol–water partition coefficient (Wildman–Crippen LogP) is 3.59. The molecule has 6 nitrogen and oxygen atoms in total. The van der Waals surface area contributed by atoms with Crippen LogP contribution in [0.4, 0.5) is 0 Å². The summed E-state index contributed by atoms with van der Waals surface area (Å²) in [6.07, 6.45) is 0. The number of halogens is 1. The number of benzene rings is 2. The highest BCUT2D eigenvalue weighted by Crippen LogP contribution is 2.21. The lowest BCUT2D eigenvalue weighted by molar-refractivity contribution is 0.587. The van der Waals surface area contributed by atoms with Crippen molar-refractivity contribution in [3.63, 3.8) is 0 Å². The summed E-state index contributed by atoms with van der Waals surface area (Å²) in [6, 6.07) is 17.9. The average molecular weight is 563 g/mol. The molecule has 0 fully saturated rings. The molecule has 0 amide bonds. The molecule has 3 N–H and O–H groups in total. The molecule has 2 aromatic carbocycles. The number of thioether (sulfide) groups is 1. The Bertz CT molecular complexity index is 876. The molecule has 0 radical (unpaired) electrons. The molecule has 0 bridgehead atoms. The second-order valence-electron chi connectivity index (χ2n) is 6.60. The third-order valence-corrected chi connectivity index (χ3v) is 6.54. The van der Waals surface area contributed by atoms with Crippen LogP contribution in [-0.4, -0.2) is 39.8 Å². The lowest BCUT2D eigenvalue weighted by Gasteiger charge is -2.15. The van der Waals surface area contributed by atoms with E-state index in [2.05, 4.69) is 39.4 Å². The molecule has 0 saturated heterocycles.